The molecule has 198 valence electrons. The third kappa shape index (κ3) is 4.25. The highest BCUT2D eigenvalue weighted by atomic mass is 32.3. The zero-order valence-electron chi connectivity index (χ0n) is 21.3. The van der Waals surface area contributed by atoms with E-state index in [1.807, 2.05) is 31.2 Å². The number of fused-ring (bicyclic) bond motifs is 4. The van der Waals surface area contributed by atoms with Gasteiger partial charge < -0.3 is 14.3 Å². The van der Waals surface area contributed by atoms with Gasteiger partial charge in [0.2, 0.25) is 0 Å². The van der Waals surface area contributed by atoms with Crippen LogP contribution in [0, 0.1) is 12.3 Å². The molecule has 0 radical (unpaired) electrons. The van der Waals surface area contributed by atoms with E-state index < -0.39 is 15.1 Å². The summed E-state index contributed by atoms with van der Waals surface area (Å²) < 4.78 is 45.4. The predicted molar refractivity (Wildman–Crippen MR) is 150 cm³/mol. The lowest BCUT2D eigenvalue weighted by atomic mass is 9.91. The number of halogens is 1. The average molecular weight is 544 g/mol. The van der Waals surface area contributed by atoms with Crippen LogP contribution in [0.1, 0.15) is 50.6 Å². The highest BCUT2D eigenvalue weighted by Crippen LogP contribution is 2.41. The van der Waals surface area contributed by atoms with Gasteiger partial charge in [0.15, 0.2) is 5.43 Å². The first-order valence-electron chi connectivity index (χ1n) is 13.0. The van der Waals surface area contributed by atoms with E-state index in [0.717, 1.165) is 49.2 Å². The number of unbranched alkanes of at least 4 members (excludes halogenated alkanes) is 1. The van der Waals surface area contributed by atoms with Crippen LogP contribution < -0.4 is 10.2 Å². The number of nitrogens with zero attached hydrogens (tertiary/aromatic N) is 2. The molecule has 2 aromatic carbocycles. The molecule has 0 spiro atoms. The smallest absolute Gasteiger partial charge is 0.333 e. The number of nitrogens with one attached hydrogen (secondary N) is 1. The van der Waals surface area contributed by atoms with Crippen LogP contribution in [0.25, 0.3) is 44.0 Å². The fraction of sp³-hybridized carbons (Fsp3) is 0.267. The summed E-state index contributed by atoms with van der Waals surface area (Å²) in [6.07, 6.45) is 12.8. The van der Waals surface area contributed by atoms with Crippen LogP contribution in [0.4, 0.5) is 3.89 Å². The van der Waals surface area contributed by atoms with E-state index in [1.54, 1.807) is 6.07 Å². The molecule has 0 saturated heterocycles. The Morgan fingerprint density at radius 2 is 2.00 bits per heavy atom. The van der Waals surface area contributed by atoms with Crippen molar-refractivity contribution in [1.29, 1.82) is 0 Å². The van der Waals surface area contributed by atoms with Gasteiger partial charge in [-0.3, -0.25) is 9.78 Å². The molecule has 6 rings (SSSR count). The number of aromatic nitrogens is 3. The molecule has 0 unspecified atom stereocenters. The molecular weight excluding hydrogens is 517 g/mol. The number of aromatic amines is 1. The van der Waals surface area contributed by atoms with E-state index in [1.165, 1.54) is 12.3 Å². The lowest BCUT2D eigenvalue weighted by Gasteiger charge is -2.31. The lowest BCUT2D eigenvalue weighted by Crippen LogP contribution is -2.21. The maximum Gasteiger partial charge on any atom is 0.333 e. The van der Waals surface area contributed by atoms with Crippen molar-refractivity contribution in [3.63, 3.8) is 0 Å². The predicted octanol–water partition coefficient (Wildman–Crippen LogP) is 6.24. The van der Waals surface area contributed by atoms with Crippen molar-refractivity contribution in [3.05, 3.63) is 64.6 Å². The van der Waals surface area contributed by atoms with Gasteiger partial charge in [0.05, 0.1) is 22.9 Å². The van der Waals surface area contributed by atoms with Crippen molar-refractivity contribution >= 4 is 43.1 Å². The Bertz CT molecular complexity index is 1980. The molecule has 1 aliphatic rings. The summed E-state index contributed by atoms with van der Waals surface area (Å²) in [6.45, 7) is 2.45. The Balaban J connectivity index is 1.70. The molecule has 1 fully saturated rings. The summed E-state index contributed by atoms with van der Waals surface area (Å²) in [5.41, 5.74) is 3.67. The standard InChI is InChI=1S/C30H26FN3O4S/c1-3-5-11-38-27-15-24-26(14-23(27)19-13-21(17-32-16-19)39(31,36)37)34(20-7-6-8-20)30-28(29(24)35)22-10-9-18(4-2)12-25(22)33-30/h2,9-10,12-17,20,33H,3,5-8,11H2,1H3. The minimum atomic E-state index is -4.96. The monoisotopic (exact) mass is 543 g/mol. The van der Waals surface area contributed by atoms with Gasteiger partial charge in [-0.1, -0.05) is 25.3 Å². The molecule has 3 heterocycles. The normalized spacial score (nSPS) is 14.1. The van der Waals surface area contributed by atoms with Crippen LogP contribution in [-0.2, 0) is 10.2 Å². The van der Waals surface area contributed by atoms with Crippen LogP contribution in [0.15, 0.2) is 58.5 Å². The molecule has 0 atom stereocenters. The Hall–Kier alpha value is -4.16. The molecule has 3 aromatic heterocycles. The van der Waals surface area contributed by atoms with E-state index in [4.69, 9.17) is 11.2 Å². The first-order valence-corrected chi connectivity index (χ1v) is 14.4. The number of hydrogen-bond donors (Lipinski definition) is 1. The molecule has 0 amide bonds. The minimum Gasteiger partial charge on any atom is -0.493 e. The second kappa shape index (κ2) is 9.54. The summed E-state index contributed by atoms with van der Waals surface area (Å²) in [7, 11) is -4.96. The summed E-state index contributed by atoms with van der Waals surface area (Å²) in [4.78, 5) is 20.9. The molecule has 0 aliphatic heterocycles. The van der Waals surface area contributed by atoms with Gasteiger partial charge in [0, 0.05) is 46.0 Å². The Labute approximate surface area is 224 Å². The van der Waals surface area contributed by atoms with Crippen molar-refractivity contribution < 1.29 is 17.0 Å². The summed E-state index contributed by atoms with van der Waals surface area (Å²) in [5.74, 6) is 3.06. The van der Waals surface area contributed by atoms with Gasteiger partial charge in [-0.05, 0) is 56.0 Å². The number of pyridine rings is 2. The topological polar surface area (TPSA) is 94.1 Å². The molecule has 1 N–H and O–H groups in total. The van der Waals surface area contributed by atoms with Gasteiger partial charge >= 0.3 is 10.2 Å². The number of ether oxygens (including phenoxy) is 1. The van der Waals surface area contributed by atoms with E-state index in [0.29, 0.717) is 51.0 Å². The van der Waals surface area contributed by atoms with Crippen molar-refractivity contribution in [2.24, 2.45) is 0 Å². The first kappa shape index (κ1) is 25.1. The van der Waals surface area contributed by atoms with E-state index in [-0.39, 0.29) is 11.5 Å². The summed E-state index contributed by atoms with van der Waals surface area (Å²) >= 11 is 0. The van der Waals surface area contributed by atoms with Crippen LogP contribution in [-0.4, -0.2) is 29.6 Å². The van der Waals surface area contributed by atoms with Gasteiger partial charge in [-0.15, -0.1) is 10.3 Å². The number of hydrogen-bond acceptors (Lipinski definition) is 5. The average Bonchev–Trinajstić information content (AvgIpc) is 3.28. The van der Waals surface area contributed by atoms with Gasteiger partial charge in [0.25, 0.3) is 0 Å². The second-order valence-corrected chi connectivity index (χ2v) is 11.3. The largest absolute Gasteiger partial charge is 0.493 e. The van der Waals surface area contributed by atoms with Crippen molar-refractivity contribution in [2.75, 3.05) is 6.61 Å². The fourth-order valence-corrected chi connectivity index (χ4v) is 5.74. The molecule has 9 heteroatoms. The van der Waals surface area contributed by atoms with E-state index in [2.05, 4.69) is 20.5 Å². The van der Waals surface area contributed by atoms with Gasteiger partial charge in [-0.25, -0.2) is 0 Å². The molecular formula is C30H26FN3O4S. The van der Waals surface area contributed by atoms with E-state index >= 15 is 0 Å². The quantitative estimate of drug-likeness (QED) is 0.149. The molecule has 5 aromatic rings. The Morgan fingerprint density at radius 3 is 2.69 bits per heavy atom. The second-order valence-electron chi connectivity index (χ2n) is 9.95. The first-order chi connectivity index (χ1) is 18.8. The Morgan fingerprint density at radius 1 is 1.18 bits per heavy atom. The molecule has 0 bridgehead atoms. The maximum atomic E-state index is 14.0. The minimum absolute atomic E-state index is 0.139. The number of benzene rings is 2. The third-order valence-electron chi connectivity index (χ3n) is 7.52. The van der Waals surface area contributed by atoms with Crippen molar-refractivity contribution in [3.8, 4) is 29.2 Å². The van der Waals surface area contributed by atoms with Crippen LogP contribution >= 0.6 is 0 Å². The van der Waals surface area contributed by atoms with Gasteiger partial charge in [0.1, 0.15) is 16.3 Å². The molecule has 39 heavy (non-hydrogen) atoms. The zero-order chi connectivity index (χ0) is 27.3. The summed E-state index contributed by atoms with van der Waals surface area (Å²) in [5, 5.41) is 1.88. The maximum absolute atomic E-state index is 14.0. The SMILES string of the molecule is C#Cc1ccc2c(c1)[nH]c1c2c(=O)c2cc(OCCCC)c(-c3cncc(S(=O)(=O)F)c3)cc2n1C1CCC1. The number of H-pyrrole nitrogens is 1. The van der Waals surface area contributed by atoms with E-state index in [9.17, 15) is 17.1 Å². The number of rotatable bonds is 7. The lowest BCUT2D eigenvalue weighted by molar-refractivity contribution is 0.310. The van der Waals surface area contributed by atoms with Crippen LogP contribution in [0.3, 0.4) is 0 Å². The Kier molecular flexibility index (Phi) is 6.15. The van der Waals surface area contributed by atoms with Gasteiger partial charge in [-0.2, -0.15) is 8.42 Å². The summed E-state index contributed by atoms with van der Waals surface area (Å²) in [6, 6.07) is 10.5. The molecule has 7 nitrogen and oxygen atoms in total. The van der Waals surface area contributed by atoms with Crippen LogP contribution in [0.5, 0.6) is 5.75 Å². The zero-order valence-corrected chi connectivity index (χ0v) is 22.1. The number of terminal acetylenes is 1. The molecule has 1 aliphatic carbocycles. The fourth-order valence-electron chi connectivity index (χ4n) is 5.28. The van der Waals surface area contributed by atoms with Crippen molar-refractivity contribution in [1.82, 2.24) is 14.5 Å². The highest BCUT2D eigenvalue weighted by Gasteiger charge is 2.27. The molecule has 1 saturated carbocycles. The highest BCUT2D eigenvalue weighted by molar-refractivity contribution is 7.86. The third-order valence-corrected chi connectivity index (χ3v) is 8.30. The van der Waals surface area contributed by atoms with Crippen molar-refractivity contribution in [2.45, 2.75) is 50.0 Å². The van der Waals surface area contributed by atoms with Crippen LogP contribution in [0.2, 0.25) is 0 Å².